The zero-order valence-corrected chi connectivity index (χ0v) is 42.0. The first-order chi connectivity index (χ1) is 33.6. The average Bonchev–Trinajstić information content (AvgIpc) is 4.28. The van der Waals surface area contributed by atoms with Crippen molar-refractivity contribution in [2.45, 2.75) is 10.8 Å². The van der Waals surface area contributed by atoms with Crippen LogP contribution in [-0.2, 0) is 53.0 Å². The van der Waals surface area contributed by atoms with E-state index >= 15 is 0 Å². The van der Waals surface area contributed by atoms with Crippen LogP contribution in [0.5, 0.6) is 0 Å². The molecule has 2 aliphatic carbocycles. The van der Waals surface area contributed by atoms with Crippen LogP contribution >= 0.6 is 0 Å². The minimum absolute atomic E-state index is 0. The summed E-state index contributed by atoms with van der Waals surface area (Å²) < 4.78 is 0. The van der Waals surface area contributed by atoms with Crippen molar-refractivity contribution in [2.24, 2.45) is 0 Å². The summed E-state index contributed by atoms with van der Waals surface area (Å²) in [6.45, 7) is 4.17. The van der Waals surface area contributed by atoms with E-state index in [1.165, 1.54) is 0 Å². The van der Waals surface area contributed by atoms with Crippen molar-refractivity contribution in [2.75, 3.05) is 33.7 Å². The second-order valence-corrected chi connectivity index (χ2v) is 17.0. The molecule has 0 N–H and O–H groups in total. The Kier molecular flexibility index (Phi) is 11.4. The molecule has 4 aromatic carbocycles. The van der Waals surface area contributed by atoms with Crippen molar-refractivity contribution in [1.29, 1.82) is 0 Å². The van der Waals surface area contributed by atoms with Crippen molar-refractivity contribution >= 4 is 34.1 Å². The molecule has 0 amide bonds. The predicted molar refractivity (Wildman–Crippen MR) is 261 cm³/mol. The molecule has 2 aliphatic heterocycles. The molecule has 14 rings (SSSR count). The van der Waals surface area contributed by atoms with Gasteiger partial charge in [-0.1, -0.05) is 60.7 Å². The number of hydrogen-bond acceptors (Lipinski definition) is 10. The first-order valence-corrected chi connectivity index (χ1v) is 22.3. The fraction of sp³-hybridized carbons (Fsp3) is 0.0714. The Balaban J connectivity index is 0.000000148. The second-order valence-electron chi connectivity index (χ2n) is 17.0. The van der Waals surface area contributed by atoms with E-state index in [2.05, 4.69) is 189 Å². The van der Waals surface area contributed by atoms with Gasteiger partial charge in [-0.15, -0.1) is 22.5 Å². The maximum absolute atomic E-state index is 4.88. The summed E-state index contributed by atoms with van der Waals surface area (Å²) in [6.07, 6.45) is 10.8. The van der Waals surface area contributed by atoms with Crippen LogP contribution in [0, 0.1) is 25.5 Å². The van der Waals surface area contributed by atoms with Crippen molar-refractivity contribution in [3.8, 4) is 22.3 Å². The van der Waals surface area contributed by atoms with E-state index in [1.54, 1.807) is 12.4 Å². The van der Waals surface area contributed by atoms with Gasteiger partial charge in [-0.05, 0) is 62.6 Å². The van der Waals surface area contributed by atoms with Gasteiger partial charge in [0, 0.05) is 123 Å². The molecule has 0 bridgehead atoms. The Hall–Kier alpha value is -7.52. The van der Waals surface area contributed by atoms with Gasteiger partial charge < -0.3 is 40.0 Å². The van der Waals surface area contributed by atoms with Crippen LogP contribution in [0.2, 0.25) is 0 Å². The van der Waals surface area contributed by atoms with Gasteiger partial charge in [0.2, 0.25) is 0 Å². The van der Waals surface area contributed by atoms with Gasteiger partial charge in [0.1, 0.15) is 0 Å². The largest absolute Gasteiger partial charge is 0.581 e. The summed E-state index contributed by atoms with van der Waals surface area (Å²) in [5, 5.41) is 17.4. The van der Waals surface area contributed by atoms with Crippen molar-refractivity contribution < 1.29 is 42.1 Å². The molecule has 348 valence electrons. The van der Waals surface area contributed by atoms with E-state index in [0.29, 0.717) is 0 Å². The van der Waals surface area contributed by atoms with E-state index in [4.69, 9.17) is 19.9 Å². The van der Waals surface area contributed by atoms with Gasteiger partial charge in [0.15, 0.2) is 0 Å². The summed E-state index contributed by atoms with van der Waals surface area (Å²) in [5.41, 5.74) is 16.1. The molecule has 0 spiro atoms. The minimum Gasteiger partial charge on any atom is -0.581 e. The number of hydrogen-bond donors (Lipinski definition) is 0. The Labute approximate surface area is 434 Å². The first-order valence-electron chi connectivity index (χ1n) is 22.3. The number of pyridine rings is 4. The molecule has 0 fully saturated rings. The molecular weight excluding hydrogens is 1230 g/mol. The third-order valence-electron chi connectivity index (χ3n) is 13.4. The monoisotopic (exact) mass is 1270 g/mol. The zero-order valence-electron chi connectivity index (χ0n) is 37.5. The van der Waals surface area contributed by atoms with Crippen molar-refractivity contribution in [3.05, 3.63) is 254 Å². The van der Waals surface area contributed by atoms with Crippen LogP contribution in [0.1, 0.15) is 45.3 Å². The maximum Gasteiger partial charge on any atom is 0.0988 e. The molecule has 14 heteroatoms. The van der Waals surface area contributed by atoms with Crippen LogP contribution in [0.15, 0.2) is 183 Å². The van der Waals surface area contributed by atoms with Gasteiger partial charge in [-0.2, -0.15) is 74.3 Å². The molecule has 0 radical (unpaired) electrons. The van der Waals surface area contributed by atoms with Crippen LogP contribution < -0.4 is 29.8 Å². The molecule has 10 aromatic rings. The topological polar surface area (TPSA) is 119 Å². The number of anilines is 6. The number of fused-ring (bicyclic) bond motifs is 8. The van der Waals surface area contributed by atoms with Crippen LogP contribution in [0.4, 0.5) is 34.1 Å². The first kappa shape index (κ1) is 45.0. The normalized spacial score (nSPS) is 14.8. The standard InChI is InChI=1S/2C28H19N6.2Pt/c2*1-33-18-34(24-12-3-2-11-23(24)33)20-8-4-7-19(17-20)28(25-13-16-31-32-25)26-21(9-5-14-29-26)22-10-6-15-30-27(22)28;;/h2*2-16,18H,1H3;;/q2*-3;;. The quantitative estimate of drug-likeness (QED) is 0.148. The Bertz CT molecular complexity index is 3200. The van der Waals surface area contributed by atoms with E-state index < -0.39 is 10.8 Å². The van der Waals surface area contributed by atoms with Gasteiger partial charge in [-0.3, -0.25) is 19.9 Å². The van der Waals surface area contributed by atoms with Gasteiger partial charge in [0.25, 0.3) is 0 Å². The molecule has 6 aromatic heterocycles. The van der Waals surface area contributed by atoms with Gasteiger partial charge in [-0.25, -0.2) is 0 Å². The fourth-order valence-corrected chi connectivity index (χ4v) is 10.6. The number of benzene rings is 4. The second kappa shape index (κ2) is 17.8. The average molecular weight is 1270 g/mol. The van der Waals surface area contributed by atoms with Gasteiger partial charge in [0.05, 0.1) is 33.6 Å². The molecule has 0 saturated carbocycles. The summed E-state index contributed by atoms with van der Waals surface area (Å²) in [7, 11) is 4.11. The predicted octanol–water partition coefficient (Wildman–Crippen LogP) is 9.39. The molecule has 0 atom stereocenters. The summed E-state index contributed by atoms with van der Waals surface area (Å²) in [6, 6.07) is 56.8. The molecule has 70 heavy (non-hydrogen) atoms. The van der Waals surface area contributed by atoms with Crippen LogP contribution in [0.25, 0.3) is 22.3 Å². The Morgan fingerprint density at radius 3 is 1.11 bits per heavy atom. The van der Waals surface area contributed by atoms with Crippen molar-refractivity contribution in [3.63, 3.8) is 0 Å². The number of aromatic nitrogens is 8. The number of nitrogens with zero attached hydrogens (tertiary/aromatic N) is 12. The summed E-state index contributed by atoms with van der Waals surface area (Å²) in [5.74, 6) is 0. The number of rotatable bonds is 6. The summed E-state index contributed by atoms with van der Waals surface area (Å²) in [4.78, 5) is 28.1. The summed E-state index contributed by atoms with van der Waals surface area (Å²) >= 11 is 0. The van der Waals surface area contributed by atoms with E-state index in [9.17, 15) is 0 Å². The molecule has 4 aliphatic rings. The zero-order chi connectivity index (χ0) is 45.4. The van der Waals surface area contributed by atoms with Crippen LogP contribution in [-0.4, -0.2) is 44.2 Å². The molecule has 8 heterocycles. The molecule has 0 unspecified atom stereocenters. The SMILES string of the molecule is CN1[CH-]N(c2[c-]c(C3(c4cc[n-]n4)c4ncccc4-c4cccnc43)ccc2)c2ccccc21.CN1[CH-]N(c2[c-]c(C3(c4cc[n-]n4)c4ncccc4-c4cccnc43)ccc2)c2ccccc21.[Pt].[Pt]. The van der Waals surface area contributed by atoms with E-state index in [0.717, 1.165) is 102 Å². The van der Waals surface area contributed by atoms with E-state index in [1.807, 2.05) is 61.2 Å². The third-order valence-corrected chi connectivity index (χ3v) is 13.4. The Morgan fingerprint density at radius 1 is 0.414 bits per heavy atom. The minimum atomic E-state index is -0.801. The smallest absolute Gasteiger partial charge is 0.0988 e. The van der Waals surface area contributed by atoms with Gasteiger partial charge >= 0.3 is 0 Å². The van der Waals surface area contributed by atoms with Crippen molar-refractivity contribution in [1.82, 2.24) is 40.3 Å². The molecule has 0 saturated heterocycles. The molecule has 12 nitrogen and oxygen atoms in total. The maximum atomic E-state index is 4.88. The van der Waals surface area contributed by atoms with Crippen LogP contribution in [0.3, 0.4) is 0 Å². The third kappa shape index (κ3) is 6.57. The molecular formula is C56H38N12Pt2-6. The van der Waals surface area contributed by atoms with E-state index in [-0.39, 0.29) is 42.1 Å². The number of para-hydroxylation sites is 4. The Morgan fingerprint density at radius 2 is 0.771 bits per heavy atom. The fourth-order valence-electron chi connectivity index (χ4n) is 10.6.